The van der Waals surface area contributed by atoms with E-state index in [1.807, 2.05) is 6.92 Å². The molecule has 0 heterocycles. The van der Waals surface area contributed by atoms with E-state index >= 15 is 0 Å². The van der Waals surface area contributed by atoms with Gasteiger partial charge in [-0.3, -0.25) is 0 Å². The van der Waals surface area contributed by atoms with E-state index in [0.29, 0.717) is 12.8 Å². The van der Waals surface area contributed by atoms with E-state index in [0.717, 1.165) is 16.7 Å². The molecule has 0 radical (unpaired) electrons. The smallest absolute Gasteiger partial charge is 0.0793 e. The van der Waals surface area contributed by atoms with Crippen molar-refractivity contribution in [3.8, 4) is 12.3 Å². The van der Waals surface area contributed by atoms with Gasteiger partial charge in [-0.05, 0) is 23.6 Å². The second kappa shape index (κ2) is 2.94. The first-order valence-electron chi connectivity index (χ1n) is 3.66. The van der Waals surface area contributed by atoms with Gasteiger partial charge < -0.3 is 5.11 Å². The van der Waals surface area contributed by atoms with Crippen LogP contribution in [0.2, 0.25) is 0 Å². The second-order valence-corrected chi connectivity index (χ2v) is 2.87. The fraction of sp³-hybridized carbons (Fsp3) is 0.400. The van der Waals surface area contributed by atoms with Gasteiger partial charge in [0.05, 0.1) is 6.10 Å². The van der Waals surface area contributed by atoms with Crippen LogP contribution in [-0.2, 0) is 0 Å². The summed E-state index contributed by atoms with van der Waals surface area (Å²) in [6.07, 6.45) is 6.08. The van der Waals surface area contributed by atoms with Crippen LogP contribution in [0, 0.1) is 12.3 Å². The number of allylic oxidation sites excluding steroid dienone is 1. The summed E-state index contributed by atoms with van der Waals surface area (Å²) in [4.78, 5) is 0. The summed E-state index contributed by atoms with van der Waals surface area (Å²) in [6.45, 7) is 5.75. The van der Waals surface area contributed by atoms with E-state index < -0.39 is 0 Å². The molecular formula is C10H12O. The highest BCUT2D eigenvalue weighted by molar-refractivity contribution is 5.43. The Balaban J connectivity index is 2.89. The minimum absolute atomic E-state index is 0.342. The molecule has 1 heteroatoms. The largest absolute Gasteiger partial charge is 0.388 e. The van der Waals surface area contributed by atoms with Crippen molar-refractivity contribution in [2.45, 2.75) is 25.9 Å². The van der Waals surface area contributed by atoms with Gasteiger partial charge in [0.15, 0.2) is 0 Å². The maximum absolute atomic E-state index is 9.38. The molecule has 1 aliphatic carbocycles. The summed E-state index contributed by atoms with van der Waals surface area (Å²) in [7, 11) is 0. The summed E-state index contributed by atoms with van der Waals surface area (Å²) in [6, 6.07) is 0. The van der Waals surface area contributed by atoms with Crippen LogP contribution in [-0.4, -0.2) is 11.2 Å². The van der Waals surface area contributed by atoms with Crippen LogP contribution < -0.4 is 0 Å². The molecule has 0 fully saturated rings. The fourth-order valence-electron chi connectivity index (χ4n) is 1.36. The van der Waals surface area contributed by atoms with Gasteiger partial charge in [-0.15, -0.1) is 12.3 Å². The lowest BCUT2D eigenvalue weighted by atomic mass is 10.1. The standard InChI is InChI=1S/C10H12O/c1-4-5-9-7(2)6-10(11)8(9)3/h1,10-11H,2,5-6H2,3H3/t10-/m0/s1. The first-order valence-corrected chi connectivity index (χ1v) is 3.66. The summed E-state index contributed by atoms with van der Waals surface area (Å²) >= 11 is 0. The Morgan fingerprint density at radius 1 is 1.82 bits per heavy atom. The summed E-state index contributed by atoms with van der Waals surface area (Å²) in [5.74, 6) is 2.56. The molecule has 1 nitrogen and oxygen atoms in total. The first kappa shape index (κ1) is 8.10. The van der Waals surface area contributed by atoms with Crippen LogP contribution >= 0.6 is 0 Å². The minimum atomic E-state index is -0.342. The van der Waals surface area contributed by atoms with E-state index in [4.69, 9.17) is 6.42 Å². The van der Waals surface area contributed by atoms with Crippen molar-refractivity contribution in [1.82, 2.24) is 0 Å². The van der Waals surface area contributed by atoms with Gasteiger partial charge in [-0.2, -0.15) is 0 Å². The van der Waals surface area contributed by atoms with Crippen LogP contribution in [0.4, 0.5) is 0 Å². The number of terminal acetylenes is 1. The van der Waals surface area contributed by atoms with E-state index in [-0.39, 0.29) is 6.10 Å². The number of rotatable bonds is 1. The van der Waals surface area contributed by atoms with Crippen molar-refractivity contribution in [3.63, 3.8) is 0 Å². The van der Waals surface area contributed by atoms with Crippen LogP contribution in [0.1, 0.15) is 19.8 Å². The molecule has 1 aliphatic rings. The molecule has 0 aromatic rings. The highest BCUT2D eigenvalue weighted by atomic mass is 16.3. The molecule has 1 rings (SSSR count). The Morgan fingerprint density at radius 2 is 2.45 bits per heavy atom. The Labute approximate surface area is 67.4 Å². The highest BCUT2D eigenvalue weighted by Crippen LogP contribution is 2.31. The lowest BCUT2D eigenvalue weighted by molar-refractivity contribution is 0.219. The van der Waals surface area contributed by atoms with E-state index in [1.54, 1.807) is 0 Å². The molecule has 11 heavy (non-hydrogen) atoms. The molecule has 0 bridgehead atoms. The Morgan fingerprint density at radius 3 is 2.82 bits per heavy atom. The third-order valence-corrected chi connectivity index (χ3v) is 2.12. The quantitative estimate of drug-likeness (QED) is 0.560. The Kier molecular flexibility index (Phi) is 2.16. The van der Waals surface area contributed by atoms with Gasteiger partial charge in [0, 0.05) is 12.8 Å². The number of aliphatic hydroxyl groups excluding tert-OH is 1. The monoisotopic (exact) mass is 148 g/mol. The lowest BCUT2D eigenvalue weighted by Gasteiger charge is -2.00. The fourth-order valence-corrected chi connectivity index (χ4v) is 1.36. The maximum atomic E-state index is 9.38. The van der Waals surface area contributed by atoms with Gasteiger partial charge in [0.2, 0.25) is 0 Å². The molecule has 1 atom stereocenters. The SMILES string of the molecule is C#CCC1=C(C)[C@@H](O)CC1=C. The Hall–Kier alpha value is -1.00. The van der Waals surface area contributed by atoms with Crippen molar-refractivity contribution in [2.24, 2.45) is 0 Å². The van der Waals surface area contributed by atoms with Gasteiger partial charge in [-0.25, -0.2) is 0 Å². The molecule has 0 aliphatic heterocycles. The van der Waals surface area contributed by atoms with Crippen LogP contribution in [0.25, 0.3) is 0 Å². The number of aliphatic hydroxyl groups is 1. The zero-order valence-electron chi connectivity index (χ0n) is 6.72. The van der Waals surface area contributed by atoms with Crippen LogP contribution in [0.15, 0.2) is 23.3 Å². The van der Waals surface area contributed by atoms with Gasteiger partial charge in [-0.1, -0.05) is 6.58 Å². The predicted octanol–water partition coefficient (Wildman–Crippen LogP) is 1.65. The first-order chi connectivity index (χ1) is 5.16. The summed E-state index contributed by atoms with van der Waals surface area (Å²) < 4.78 is 0. The lowest BCUT2D eigenvalue weighted by Crippen LogP contribution is -2.01. The molecule has 0 spiro atoms. The van der Waals surface area contributed by atoms with Crippen molar-refractivity contribution in [1.29, 1.82) is 0 Å². The van der Waals surface area contributed by atoms with E-state index in [9.17, 15) is 5.11 Å². The van der Waals surface area contributed by atoms with Crippen LogP contribution in [0.5, 0.6) is 0 Å². The molecule has 0 amide bonds. The van der Waals surface area contributed by atoms with Gasteiger partial charge in [0.25, 0.3) is 0 Å². The zero-order valence-corrected chi connectivity index (χ0v) is 6.72. The molecule has 1 N–H and O–H groups in total. The van der Waals surface area contributed by atoms with Gasteiger partial charge >= 0.3 is 0 Å². The maximum Gasteiger partial charge on any atom is 0.0793 e. The zero-order chi connectivity index (χ0) is 8.43. The molecule has 0 unspecified atom stereocenters. The number of hydrogen-bond donors (Lipinski definition) is 1. The summed E-state index contributed by atoms with van der Waals surface area (Å²) in [5, 5.41) is 9.38. The predicted molar refractivity (Wildman–Crippen MR) is 45.9 cm³/mol. The average molecular weight is 148 g/mol. The second-order valence-electron chi connectivity index (χ2n) is 2.87. The number of hydrogen-bond acceptors (Lipinski definition) is 1. The molecule has 0 aromatic heterocycles. The van der Waals surface area contributed by atoms with Crippen molar-refractivity contribution in [3.05, 3.63) is 23.3 Å². The molecule has 0 saturated carbocycles. The van der Waals surface area contributed by atoms with E-state index in [1.165, 1.54) is 0 Å². The third kappa shape index (κ3) is 1.36. The molecule has 0 saturated heterocycles. The highest BCUT2D eigenvalue weighted by Gasteiger charge is 2.21. The molecule has 58 valence electrons. The van der Waals surface area contributed by atoms with Gasteiger partial charge in [0.1, 0.15) is 0 Å². The van der Waals surface area contributed by atoms with Crippen molar-refractivity contribution >= 4 is 0 Å². The van der Waals surface area contributed by atoms with Crippen molar-refractivity contribution in [2.75, 3.05) is 0 Å². The van der Waals surface area contributed by atoms with E-state index in [2.05, 4.69) is 12.5 Å². The topological polar surface area (TPSA) is 20.2 Å². The molecular weight excluding hydrogens is 136 g/mol. The minimum Gasteiger partial charge on any atom is -0.388 e. The average Bonchev–Trinajstić information content (AvgIpc) is 2.17. The Bertz CT molecular complexity index is 253. The van der Waals surface area contributed by atoms with Crippen LogP contribution in [0.3, 0.4) is 0 Å². The summed E-state index contributed by atoms with van der Waals surface area (Å²) in [5.41, 5.74) is 3.06. The molecule has 0 aromatic carbocycles. The van der Waals surface area contributed by atoms with Crippen molar-refractivity contribution < 1.29 is 5.11 Å². The normalized spacial score (nSPS) is 24.1. The third-order valence-electron chi connectivity index (χ3n) is 2.12.